The molecule has 0 saturated carbocycles. The van der Waals surface area contributed by atoms with Gasteiger partial charge in [0.1, 0.15) is 0 Å². The van der Waals surface area contributed by atoms with Gasteiger partial charge in [-0.15, -0.1) is 0 Å². The van der Waals surface area contributed by atoms with Crippen LogP contribution in [-0.4, -0.2) is 4.98 Å². The van der Waals surface area contributed by atoms with Crippen molar-refractivity contribution in [1.82, 2.24) is 4.98 Å². The lowest BCUT2D eigenvalue weighted by atomic mass is 10.8. The summed E-state index contributed by atoms with van der Waals surface area (Å²) in [5.41, 5.74) is 0. The second-order valence-corrected chi connectivity index (χ2v) is 1.72. The van der Waals surface area contributed by atoms with Crippen LogP contribution in [0.3, 0.4) is 0 Å². The summed E-state index contributed by atoms with van der Waals surface area (Å²) in [6, 6.07) is 1.60. The number of hydrogen-bond acceptors (Lipinski definition) is 3. The molecular weight excluding hydrogens is 110 g/mol. The van der Waals surface area contributed by atoms with E-state index in [4.69, 9.17) is 0 Å². The predicted octanol–water partition coefficient (Wildman–Crippen LogP) is 0.303. The molecule has 1 radical (unpaired) electrons. The van der Waals surface area contributed by atoms with Gasteiger partial charge in [0.2, 0.25) is 0 Å². The molecule has 0 aliphatic heterocycles. The van der Waals surface area contributed by atoms with Gasteiger partial charge in [0.25, 0.3) is 0 Å². The largest absolute Gasteiger partial charge is 0.326 e. The zero-order chi connectivity index (χ0) is 5.11. The lowest BCUT2D eigenvalue weighted by Gasteiger charge is -1.68. The number of aromatic nitrogens is 1. The summed E-state index contributed by atoms with van der Waals surface area (Å²) in [7, 11) is 0. The Balaban J connectivity index is 3.28. The van der Waals surface area contributed by atoms with Crippen molar-refractivity contribution in [2.45, 2.75) is 0 Å². The van der Waals surface area contributed by atoms with Crippen molar-refractivity contribution < 1.29 is 0 Å². The smallest absolute Gasteiger partial charge is 0.255 e. The molecule has 0 amide bonds. The Morgan fingerprint density at radius 1 is 1.86 bits per heavy atom. The number of rotatable bonds is 0. The Morgan fingerprint density at radius 3 is 3.00 bits per heavy atom. The van der Waals surface area contributed by atoms with Gasteiger partial charge < -0.3 is 0 Å². The van der Waals surface area contributed by atoms with Crippen LogP contribution < -0.4 is 4.87 Å². The average molecular weight is 112 g/mol. The first-order chi connectivity index (χ1) is 3.39. The highest BCUT2D eigenvalue weighted by Crippen LogP contribution is 1.76. The van der Waals surface area contributed by atoms with Gasteiger partial charge >= 0.3 is 4.87 Å². The predicted molar refractivity (Wildman–Crippen MR) is 27.2 cm³/mol. The van der Waals surface area contributed by atoms with Gasteiger partial charge in [-0.25, -0.2) is 4.98 Å². The van der Waals surface area contributed by atoms with E-state index in [1.54, 1.807) is 6.07 Å². The molecule has 2 nitrogen and oxygen atoms in total. The second-order valence-electron chi connectivity index (χ2n) is 0.931. The first-order valence-electron chi connectivity index (χ1n) is 1.72. The maximum absolute atomic E-state index is 10.1. The standard InChI is InChI=1S/C4H2NOS/c6-4-5-2-1-3-7-4/h1-2H. The van der Waals surface area contributed by atoms with Gasteiger partial charge in [-0.05, 0) is 6.07 Å². The van der Waals surface area contributed by atoms with Crippen LogP contribution in [0.1, 0.15) is 0 Å². The zero-order valence-corrected chi connectivity index (χ0v) is 4.23. The molecule has 0 bridgehead atoms. The molecule has 0 unspecified atom stereocenters. The van der Waals surface area contributed by atoms with Crippen LogP contribution in [0.2, 0.25) is 0 Å². The van der Waals surface area contributed by atoms with Crippen molar-refractivity contribution in [3.05, 3.63) is 27.3 Å². The molecule has 1 aromatic rings. The summed E-state index contributed by atoms with van der Waals surface area (Å²) in [5.74, 6) is 0. The molecule has 0 saturated heterocycles. The van der Waals surface area contributed by atoms with Gasteiger partial charge in [0, 0.05) is 6.20 Å². The Kier molecular flexibility index (Phi) is 1.17. The van der Waals surface area contributed by atoms with E-state index in [0.29, 0.717) is 0 Å². The molecule has 0 atom stereocenters. The lowest BCUT2D eigenvalue weighted by Crippen LogP contribution is -1.94. The molecule has 1 heterocycles. The SMILES string of the molecule is O=c1ncc[c]s1. The van der Waals surface area contributed by atoms with E-state index in [9.17, 15) is 4.79 Å². The van der Waals surface area contributed by atoms with E-state index in [-0.39, 0.29) is 4.87 Å². The maximum Gasteiger partial charge on any atom is 0.326 e. The topological polar surface area (TPSA) is 30.0 Å². The minimum Gasteiger partial charge on any atom is -0.255 e. The Labute approximate surface area is 44.5 Å². The molecule has 0 aliphatic rings. The molecule has 0 fully saturated rings. The van der Waals surface area contributed by atoms with Crippen LogP contribution in [0.5, 0.6) is 0 Å². The van der Waals surface area contributed by atoms with E-state index in [1.807, 2.05) is 0 Å². The molecule has 7 heavy (non-hydrogen) atoms. The van der Waals surface area contributed by atoms with Gasteiger partial charge in [-0.2, -0.15) is 0 Å². The van der Waals surface area contributed by atoms with Crippen molar-refractivity contribution in [1.29, 1.82) is 0 Å². The normalized spacial score (nSPS) is 8.57. The quantitative estimate of drug-likeness (QED) is 0.483. The van der Waals surface area contributed by atoms with Gasteiger partial charge in [0.15, 0.2) is 0 Å². The molecule has 35 valence electrons. The summed E-state index contributed by atoms with van der Waals surface area (Å²) in [6.07, 6.45) is 1.43. The first kappa shape index (κ1) is 4.46. The minimum atomic E-state index is -0.192. The van der Waals surface area contributed by atoms with E-state index < -0.39 is 0 Å². The van der Waals surface area contributed by atoms with E-state index in [1.165, 1.54) is 6.20 Å². The van der Waals surface area contributed by atoms with E-state index in [0.717, 1.165) is 11.3 Å². The number of nitrogens with zero attached hydrogens (tertiary/aromatic N) is 1. The molecule has 0 aliphatic carbocycles. The molecular formula is C4H2NOS. The van der Waals surface area contributed by atoms with Crippen molar-refractivity contribution in [3.63, 3.8) is 0 Å². The lowest BCUT2D eigenvalue weighted by molar-refractivity contribution is 1.31. The fraction of sp³-hybridized carbons (Fsp3) is 0. The highest BCUT2D eigenvalue weighted by molar-refractivity contribution is 7.06. The van der Waals surface area contributed by atoms with Crippen molar-refractivity contribution >= 4 is 11.3 Å². The fourth-order valence-corrected chi connectivity index (χ4v) is 0.583. The molecule has 3 heteroatoms. The Bertz CT molecular complexity index is 177. The third-order valence-electron chi connectivity index (χ3n) is 0.469. The molecule has 1 rings (SSSR count). The van der Waals surface area contributed by atoms with Gasteiger partial charge in [-0.1, -0.05) is 11.3 Å². The molecule has 0 N–H and O–H groups in total. The summed E-state index contributed by atoms with van der Waals surface area (Å²) in [6.45, 7) is 0. The van der Waals surface area contributed by atoms with Crippen LogP contribution in [0.15, 0.2) is 17.1 Å². The third-order valence-corrected chi connectivity index (χ3v) is 1.00. The Hall–Kier alpha value is -0.700. The molecule has 1 aromatic heterocycles. The minimum absolute atomic E-state index is 0.192. The summed E-state index contributed by atoms with van der Waals surface area (Å²) >= 11 is 0.976. The maximum atomic E-state index is 10.1. The van der Waals surface area contributed by atoms with Crippen LogP contribution >= 0.6 is 11.3 Å². The molecule has 0 spiro atoms. The monoisotopic (exact) mass is 112 g/mol. The summed E-state index contributed by atoms with van der Waals surface area (Å²) in [5, 5.41) is 2.63. The van der Waals surface area contributed by atoms with E-state index >= 15 is 0 Å². The Morgan fingerprint density at radius 2 is 2.71 bits per heavy atom. The average Bonchev–Trinajstić information content (AvgIpc) is 1.69. The number of hydrogen-bond donors (Lipinski definition) is 0. The first-order valence-corrected chi connectivity index (χ1v) is 2.53. The van der Waals surface area contributed by atoms with Crippen LogP contribution in [0.4, 0.5) is 0 Å². The van der Waals surface area contributed by atoms with Crippen molar-refractivity contribution in [3.8, 4) is 0 Å². The van der Waals surface area contributed by atoms with Crippen LogP contribution in [0, 0.1) is 5.38 Å². The van der Waals surface area contributed by atoms with Crippen LogP contribution in [0.25, 0.3) is 0 Å². The summed E-state index contributed by atoms with van der Waals surface area (Å²) < 4.78 is 0. The van der Waals surface area contributed by atoms with E-state index in [2.05, 4.69) is 10.4 Å². The highest BCUT2D eigenvalue weighted by Gasteiger charge is 1.74. The summed E-state index contributed by atoms with van der Waals surface area (Å²) in [4.78, 5) is 13.4. The third kappa shape index (κ3) is 1.08. The zero-order valence-electron chi connectivity index (χ0n) is 3.42. The highest BCUT2D eigenvalue weighted by atomic mass is 32.1. The molecule has 0 aromatic carbocycles. The van der Waals surface area contributed by atoms with Crippen molar-refractivity contribution in [2.24, 2.45) is 0 Å². The second kappa shape index (κ2) is 1.84. The van der Waals surface area contributed by atoms with Gasteiger partial charge in [-0.3, -0.25) is 4.79 Å². The fourth-order valence-electron chi connectivity index (χ4n) is 0.239. The van der Waals surface area contributed by atoms with Crippen LogP contribution in [-0.2, 0) is 0 Å². The van der Waals surface area contributed by atoms with Gasteiger partial charge in [0.05, 0.1) is 5.38 Å². The van der Waals surface area contributed by atoms with Crippen molar-refractivity contribution in [2.75, 3.05) is 0 Å².